The molecule has 4 atom stereocenters. The van der Waals surface area contributed by atoms with Crippen LogP contribution in [0, 0.1) is 0 Å². The van der Waals surface area contributed by atoms with Crippen molar-refractivity contribution in [2.24, 2.45) is 0 Å². The van der Waals surface area contributed by atoms with Crippen molar-refractivity contribution in [3.63, 3.8) is 0 Å². The van der Waals surface area contributed by atoms with Crippen LogP contribution in [0.2, 0.25) is 0 Å². The van der Waals surface area contributed by atoms with Crippen LogP contribution < -0.4 is 0 Å². The van der Waals surface area contributed by atoms with Gasteiger partial charge in [-0.1, -0.05) is 0 Å². The Morgan fingerprint density at radius 2 is 2.14 bits per heavy atom. The highest BCUT2D eigenvalue weighted by molar-refractivity contribution is 7.72. The first-order valence-electron chi connectivity index (χ1n) is 4.96. The predicted molar refractivity (Wildman–Crippen MR) is 68.2 cm³/mol. The monoisotopic (exact) mass is 236 g/mol. The molecule has 0 unspecified atom stereocenters. The van der Waals surface area contributed by atoms with Gasteiger partial charge in [0.05, 0.1) is 17.6 Å². The zero-order valence-corrected chi connectivity index (χ0v) is 10.8. The van der Waals surface area contributed by atoms with Gasteiger partial charge < -0.3 is 9.84 Å². The number of hydrogen-bond acceptors (Lipinski definition) is 2. The first-order chi connectivity index (χ1) is 6.31. The van der Waals surface area contributed by atoms with Crippen molar-refractivity contribution in [1.29, 1.82) is 0 Å². The van der Waals surface area contributed by atoms with E-state index in [2.05, 4.69) is 19.6 Å². The molecule has 0 radical (unpaired) electrons. The normalized spacial score (nSPS) is 38.9. The molecule has 0 aliphatic carbocycles. The Kier molecular flexibility index (Phi) is 4.16. The fourth-order valence-corrected chi connectivity index (χ4v) is 2.80. The fourth-order valence-electron chi connectivity index (χ4n) is 1.63. The second kappa shape index (κ2) is 4.61. The number of halogens is 1. The van der Waals surface area contributed by atoms with Gasteiger partial charge in [-0.05, 0) is 25.9 Å². The molecule has 0 amide bonds. The van der Waals surface area contributed by atoms with E-state index in [0.29, 0.717) is 0 Å². The summed E-state index contributed by atoms with van der Waals surface area (Å²) in [5, 5.41) is 9.50. The summed E-state index contributed by atoms with van der Waals surface area (Å²) in [6.07, 6.45) is 5.45. The molecule has 5 heteroatoms. The molecule has 0 aromatic heterocycles. The molecule has 1 N–H and O–H groups in total. The average Bonchev–Trinajstić information content (AvgIpc) is 2.28. The highest BCUT2D eigenvalue weighted by Gasteiger charge is 2.39. The lowest BCUT2D eigenvalue weighted by molar-refractivity contribution is 0.0312. The van der Waals surface area contributed by atoms with Crippen LogP contribution in [-0.4, -0.2) is 62.3 Å². The van der Waals surface area contributed by atoms with E-state index in [1.54, 1.807) is 0 Å². The maximum absolute atomic E-state index is 9.76. The molecule has 0 saturated carbocycles. The Morgan fingerprint density at radius 1 is 1.57 bits per heavy atom. The maximum Gasteiger partial charge on any atom is 0.141 e. The lowest BCUT2D eigenvalue weighted by atomic mass is 9.95. The third kappa shape index (κ3) is 3.31. The minimum Gasteiger partial charge on any atom is -0.389 e. The smallest absolute Gasteiger partial charge is 0.141 e. The number of hydrogen-bond donors (Lipinski definition) is 1. The van der Waals surface area contributed by atoms with E-state index in [-0.39, 0.29) is 17.5 Å². The van der Waals surface area contributed by atoms with Gasteiger partial charge in [-0.3, -0.25) is 0 Å². The molecule has 0 bridgehead atoms. The molecule has 82 valence electrons. The van der Waals surface area contributed by atoms with Crippen molar-refractivity contribution < 1.29 is 9.84 Å². The molecule has 0 spiro atoms. The third-order valence-corrected chi connectivity index (χ3v) is 4.65. The van der Waals surface area contributed by atoms with Crippen LogP contribution in [-0.2, 0) is 4.74 Å². The van der Waals surface area contributed by atoms with E-state index < -0.39 is 13.0 Å². The van der Waals surface area contributed by atoms with Crippen molar-refractivity contribution >= 4 is 32.6 Å². The molecule has 1 aliphatic rings. The van der Waals surface area contributed by atoms with E-state index in [1.807, 2.05) is 7.85 Å². The molecule has 14 heavy (non-hydrogen) atoms. The van der Waals surface area contributed by atoms with Gasteiger partial charge in [0.2, 0.25) is 0 Å². The molecular weight excluding hydrogens is 217 g/mol. The molecule has 2 nitrogen and oxygen atoms in total. The number of alkyl halides is 1. The second-order valence-corrected chi connectivity index (χ2v) is 9.59. The van der Waals surface area contributed by atoms with Crippen molar-refractivity contribution in [3.8, 4) is 0 Å². The average molecular weight is 236 g/mol. The van der Waals surface area contributed by atoms with Gasteiger partial charge in [0.15, 0.2) is 0 Å². The van der Waals surface area contributed by atoms with Gasteiger partial charge in [0.1, 0.15) is 7.85 Å². The largest absolute Gasteiger partial charge is 0.389 e. The minimum absolute atomic E-state index is 0.0390. The maximum atomic E-state index is 9.76. The number of rotatable bonds is 3. The predicted octanol–water partition coefficient (Wildman–Crippen LogP) is 0.412. The van der Waals surface area contributed by atoms with Gasteiger partial charge in [0.25, 0.3) is 0 Å². The van der Waals surface area contributed by atoms with Gasteiger partial charge in [-0.15, -0.1) is 24.8 Å². The van der Waals surface area contributed by atoms with Crippen LogP contribution in [0.25, 0.3) is 0 Å². The minimum atomic E-state index is -1.02. The Labute approximate surface area is 92.4 Å². The summed E-state index contributed by atoms with van der Waals surface area (Å²) >= 11 is 5.98. The zero-order valence-electron chi connectivity index (χ0n) is 9.11. The van der Waals surface area contributed by atoms with Crippen LogP contribution in [0.5, 0.6) is 0 Å². The van der Waals surface area contributed by atoms with Crippen LogP contribution in [0.4, 0.5) is 0 Å². The molecule has 1 aliphatic heterocycles. The Balaban J connectivity index is 2.44. The van der Waals surface area contributed by atoms with Gasteiger partial charge in [0, 0.05) is 6.00 Å². The lowest BCUT2D eigenvalue weighted by Crippen LogP contribution is -2.28. The second-order valence-electron chi connectivity index (χ2n) is 4.76. The summed E-state index contributed by atoms with van der Waals surface area (Å²) in [5.74, 6) is 0. The van der Waals surface area contributed by atoms with E-state index >= 15 is 0 Å². The Bertz CT molecular complexity index is 243. The molecule has 1 rings (SSSR count). The summed E-state index contributed by atoms with van der Waals surface area (Å²) in [5.41, 5.74) is 0. The first kappa shape index (κ1) is 12.6. The third-order valence-electron chi connectivity index (χ3n) is 2.56. The van der Waals surface area contributed by atoms with E-state index in [1.165, 1.54) is 0 Å². The van der Waals surface area contributed by atoms with E-state index in [9.17, 15) is 5.11 Å². The highest BCUT2D eigenvalue weighted by atomic mass is 35.5. The fraction of sp³-hybridized carbons (Fsp3) is 0.889. The lowest BCUT2D eigenvalue weighted by Gasteiger charge is -2.18. The molecule has 0 aromatic rings. The number of aliphatic hydroxyl groups is 1. The zero-order chi connectivity index (χ0) is 10.9. The van der Waals surface area contributed by atoms with Crippen LogP contribution >= 0.6 is 18.5 Å². The Morgan fingerprint density at radius 3 is 2.50 bits per heavy atom. The summed E-state index contributed by atoms with van der Waals surface area (Å²) in [4.78, 5) is 0. The summed E-state index contributed by atoms with van der Waals surface area (Å²) < 4.78 is 5.59. The van der Waals surface area contributed by atoms with Crippen LogP contribution in [0.15, 0.2) is 0 Å². The van der Waals surface area contributed by atoms with Crippen molar-refractivity contribution in [2.45, 2.75) is 30.0 Å². The van der Waals surface area contributed by atoms with E-state index in [4.69, 9.17) is 16.3 Å². The highest BCUT2D eigenvalue weighted by Crippen LogP contribution is 2.38. The SMILES string of the molecule is B[C@@H]1O[C@H](CCP(=C)(C)C)[C@@H](O)[C@H]1Cl. The van der Waals surface area contributed by atoms with Crippen LogP contribution in [0.1, 0.15) is 6.42 Å². The summed E-state index contributed by atoms with van der Waals surface area (Å²) in [6, 6.07) is -0.0390. The molecule has 1 heterocycles. The molecule has 1 saturated heterocycles. The molecule has 0 aromatic carbocycles. The number of aliphatic hydroxyl groups excluding tert-OH is 1. The van der Waals surface area contributed by atoms with E-state index in [0.717, 1.165) is 12.6 Å². The number of ether oxygens (including phenoxy) is 1. The summed E-state index contributed by atoms with van der Waals surface area (Å²) in [7, 11) is 1.91. The van der Waals surface area contributed by atoms with Crippen molar-refractivity contribution in [1.82, 2.24) is 0 Å². The van der Waals surface area contributed by atoms with Crippen molar-refractivity contribution in [2.75, 3.05) is 19.5 Å². The Hall–Kier alpha value is 0.575. The standard InChI is InChI=1S/C9H19BClO2P/c1-14(2,3)5-4-6-8(12)7(11)9(10)13-6/h6-9,12H,1,4-5,10H2,2-3H3/t6-,7-,8-,9-/m1/s1. The quantitative estimate of drug-likeness (QED) is 0.437. The van der Waals surface area contributed by atoms with Gasteiger partial charge in [-0.2, -0.15) is 0 Å². The van der Waals surface area contributed by atoms with Gasteiger partial charge in [-0.25, -0.2) is 0 Å². The first-order valence-corrected chi connectivity index (χ1v) is 8.45. The topological polar surface area (TPSA) is 29.5 Å². The van der Waals surface area contributed by atoms with Crippen LogP contribution in [0.3, 0.4) is 0 Å². The summed E-state index contributed by atoms with van der Waals surface area (Å²) in [6.45, 7) is 3.36. The molecular formula is C9H19BClO2P. The van der Waals surface area contributed by atoms with Crippen molar-refractivity contribution in [3.05, 3.63) is 0 Å². The van der Waals surface area contributed by atoms with Gasteiger partial charge >= 0.3 is 0 Å². The molecule has 1 fully saturated rings.